The van der Waals surface area contributed by atoms with Crippen molar-refractivity contribution in [1.29, 1.82) is 0 Å². The quantitative estimate of drug-likeness (QED) is 0.228. The largest absolute Gasteiger partial charge is 0.445 e. The number of nitrogens with one attached hydrogen (secondary N) is 1. The molecular weight excluding hydrogens is 574 g/mol. The molecule has 0 saturated carbocycles. The molecule has 0 aliphatic carbocycles. The van der Waals surface area contributed by atoms with E-state index in [0.29, 0.717) is 13.0 Å². The van der Waals surface area contributed by atoms with Gasteiger partial charge in [-0.2, -0.15) is 0 Å². The van der Waals surface area contributed by atoms with Crippen molar-refractivity contribution in [2.75, 3.05) is 20.1 Å². The molecule has 2 aliphatic heterocycles. The van der Waals surface area contributed by atoms with Crippen LogP contribution in [-0.2, 0) is 43.6 Å². The van der Waals surface area contributed by atoms with E-state index in [1.165, 1.54) is 0 Å². The van der Waals surface area contributed by atoms with Gasteiger partial charge in [0.2, 0.25) is 5.91 Å². The summed E-state index contributed by atoms with van der Waals surface area (Å²) in [5.74, 6) is -0.834. The van der Waals surface area contributed by atoms with Crippen LogP contribution in [0.25, 0.3) is 0 Å². The number of carbonyl (C=O) groups excluding carboxylic acids is 3. The summed E-state index contributed by atoms with van der Waals surface area (Å²) in [4.78, 5) is 41.3. The maximum absolute atomic E-state index is 13.0. The van der Waals surface area contributed by atoms with Gasteiger partial charge >= 0.3 is 6.09 Å². The van der Waals surface area contributed by atoms with Crippen LogP contribution in [0.4, 0.5) is 4.79 Å². The van der Waals surface area contributed by atoms with Gasteiger partial charge < -0.3 is 29.5 Å². The van der Waals surface area contributed by atoms with E-state index < -0.39 is 24.3 Å². The van der Waals surface area contributed by atoms with Crippen LogP contribution in [-0.4, -0.2) is 65.1 Å². The number of ether oxygens (including phenoxy) is 3. The number of aliphatic hydroxyl groups is 1. The third-order valence-electron chi connectivity index (χ3n) is 7.91. The van der Waals surface area contributed by atoms with Crippen molar-refractivity contribution in [3.63, 3.8) is 0 Å². The molecule has 2 N–H and O–H groups in total. The zero-order chi connectivity index (χ0) is 31.8. The average Bonchev–Trinajstić information content (AvgIpc) is 3.31. The van der Waals surface area contributed by atoms with E-state index in [2.05, 4.69) is 16.8 Å². The Kier molecular flexibility index (Phi) is 10.7. The smallest absolute Gasteiger partial charge is 0.408 e. The first-order valence-corrected chi connectivity index (χ1v) is 15.0. The summed E-state index contributed by atoms with van der Waals surface area (Å²) in [6, 6.07) is 23.4. The van der Waals surface area contributed by atoms with Gasteiger partial charge in [0, 0.05) is 25.1 Å². The van der Waals surface area contributed by atoms with Crippen molar-refractivity contribution in [3.05, 3.63) is 119 Å². The molecule has 0 aromatic heterocycles. The van der Waals surface area contributed by atoms with Crippen molar-refractivity contribution in [1.82, 2.24) is 15.1 Å². The van der Waals surface area contributed by atoms with Crippen LogP contribution in [0.1, 0.15) is 53.1 Å². The highest BCUT2D eigenvalue weighted by molar-refractivity contribution is 6.06. The Morgan fingerprint density at radius 1 is 1.00 bits per heavy atom. The molecule has 2 aliphatic rings. The second-order valence-corrected chi connectivity index (χ2v) is 11.4. The summed E-state index contributed by atoms with van der Waals surface area (Å²) in [7, 11) is 2.02. The third kappa shape index (κ3) is 8.43. The number of likely N-dealkylation sites (tertiary alicyclic amines) is 1. The molecule has 4 atom stereocenters. The van der Waals surface area contributed by atoms with Gasteiger partial charge in [-0.15, -0.1) is 6.58 Å². The zero-order valence-corrected chi connectivity index (χ0v) is 25.3. The highest BCUT2D eigenvalue weighted by Gasteiger charge is 2.40. The van der Waals surface area contributed by atoms with Crippen molar-refractivity contribution in [2.24, 2.45) is 0 Å². The van der Waals surface area contributed by atoms with Gasteiger partial charge in [0.1, 0.15) is 12.6 Å². The molecule has 2 heterocycles. The number of aliphatic hydroxyl groups excluding tert-OH is 1. The van der Waals surface area contributed by atoms with Crippen LogP contribution < -0.4 is 5.32 Å². The standard InChI is InChI=1S/C35H39N3O7/c1-3-17-37(2)21-29-18-31(27-13-11-25(22-39)12-14-27)45-34(44-29)28-15-9-24(10-16-28)20-38-32(40)19-30(33(38)41)36-35(42)43-23-26-7-5-4-6-8-26/h3-16,29-31,34,39H,1,17-23H2,2H3,(H,36,42). The number of alkyl carbamates (subject to hydrolysis) is 1. The lowest BCUT2D eigenvalue weighted by molar-refractivity contribution is -0.252. The van der Waals surface area contributed by atoms with Crippen molar-refractivity contribution in [3.8, 4) is 0 Å². The predicted molar refractivity (Wildman–Crippen MR) is 166 cm³/mol. The number of nitrogens with zero attached hydrogens (tertiary/aromatic N) is 2. The molecule has 10 nitrogen and oxygen atoms in total. The minimum atomic E-state index is -0.969. The van der Waals surface area contributed by atoms with E-state index in [9.17, 15) is 19.5 Å². The molecule has 3 aromatic carbocycles. The van der Waals surface area contributed by atoms with Crippen molar-refractivity contribution >= 4 is 17.9 Å². The Bertz CT molecular complexity index is 1460. The fourth-order valence-corrected chi connectivity index (χ4v) is 5.51. The molecule has 3 aromatic rings. The van der Waals surface area contributed by atoms with Crippen molar-refractivity contribution < 1.29 is 33.7 Å². The molecule has 4 unspecified atom stereocenters. The average molecular weight is 614 g/mol. The Balaban J connectivity index is 1.21. The number of likely N-dealkylation sites (N-methyl/N-ethyl adjacent to an activating group) is 1. The number of hydrogen-bond acceptors (Lipinski definition) is 8. The monoisotopic (exact) mass is 613 g/mol. The van der Waals surface area contributed by atoms with Gasteiger partial charge in [-0.1, -0.05) is 84.9 Å². The Morgan fingerprint density at radius 3 is 2.38 bits per heavy atom. The summed E-state index contributed by atoms with van der Waals surface area (Å²) in [6.45, 7) is 5.38. The fraction of sp³-hybridized carbons (Fsp3) is 0.343. The number of imide groups is 1. The number of benzene rings is 3. The first-order valence-electron chi connectivity index (χ1n) is 15.0. The maximum atomic E-state index is 13.0. The topological polar surface area (TPSA) is 118 Å². The summed E-state index contributed by atoms with van der Waals surface area (Å²) in [5.41, 5.74) is 4.22. The molecular formula is C35H39N3O7. The minimum absolute atomic E-state index is 0.0219. The van der Waals surface area contributed by atoms with Crippen LogP contribution in [0, 0.1) is 0 Å². The van der Waals surface area contributed by atoms with Crippen LogP contribution in [0.15, 0.2) is 91.5 Å². The SMILES string of the molecule is C=CCN(C)CC1CC(c2ccc(CO)cc2)OC(c2ccc(CN3C(=O)CC(NC(=O)OCc4ccccc4)C3=O)cc2)O1. The van der Waals surface area contributed by atoms with E-state index in [4.69, 9.17) is 14.2 Å². The van der Waals surface area contributed by atoms with E-state index in [1.54, 1.807) is 0 Å². The lowest BCUT2D eigenvalue weighted by atomic mass is 9.99. The lowest BCUT2D eigenvalue weighted by Gasteiger charge is -2.37. The van der Waals surface area contributed by atoms with E-state index in [1.807, 2.05) is 92.0 Å². The van der Waals surface area contributed by atoms with Crippen molar-refractivity contribution in [2.45, 2.75) is 57.1 Å². The summed E-state index contributed by atoms with van der Waals surface area (Å²) < 4.78 is 18.0. The Hall–Kier alpha value is -4.35. The van der Waals surface area contributed by atoms with Gasteiger partial charge in [-0.25, -0.2) is 4.79 Å². The molecule has 2 fully saturated rings. The highest BCUT2D eigenvalue weighted by Crippen LogP contribution is 2.38. The molecule has 10 heteroatoms. The molecule has 0 radical (unpaired) electrons. The molecule has 45 heavy (non-hydrogen) atoms. The first kappa shape index (κ1) is 32.1. The Labute approximate surface area is 263 Å². The normalized spacial score (nSPS) is 21.6. The van der Waals surface area contributed by atoms with Crippen LogP contribution >= 0.6 is 0 Å². The Morgan fingerprint density at radius 2 is 1.69 bits per heavy atom. The first-order chi connectivity index (χ1) is 21.8. The van der Waals surface area contributed by atoms with Crippen LogP contribution in [0.5, 0.6) is 0 Å². The number of rotatable bonds is 12. The lowest BCUT2D eigenvalue weighted by Crippen LogP contribution is -2.41. The summed E-state index contributed by atoms with van der Waals surface area (Å²) in [6.07, 6.45) is 0.725. The maximum Gasteiger partial charge on any atom is 0.408 e. The zero-order valence-electron chi connectivity index (χ0n) is 25.3. The minimum Gasteiger partial charge on any atom is -0.445 e. The second-order valence-electron chi connectivity index (χ2n) is 11.4. The van der Waals surface area contributed by atoms with E-state index in [0.717, 1.165) is 39.3 Å². The van der Waals surface area contributed by atoms with E-state index in [-0.39, 0.29) is 44.3 Å². The van der Waals surface area contributed by atoms with E-state index >= 15 is 0 Å². The third-order valence-corrected chi connectivity index (χ3v) is 7.91. The molecule has 0 spiro atoms. The van der Waals surface area contributed by atoms with Crippen LogP contribution in [0.2, 0.25) is 0 Å². The van der Waals surface area contributed by atoms with Gasteiger partial charge in [0.05, 0.1) is 31.8 Å². The fourth-order valence-electron chi connectivity index (χ4n) is 5.51. The van der Waals surface area contributed by atoms with Crippen LogP contribution in [0.3, 0.4) is 0 Å². The molecule has 236 valence electrons. The molecule has 5 rings (SSSR count). The summed E-state index contributed by atoms with van der Waals surface area (Å²) in [5, 5.41) is 12.0. The highest BCUT2D eigenvalue weighted by atomic mass is 16.7. The summed E-state index contributed by atoms with van der Waals surface area (Å²) >= 11 is 0. The molecule has 0 bridgehead atoms. The van der Waals surface area contributed by atoms with Gasteiger partial charge in [-0.3, -0.25) is 14.5 Å². The van der Waals surface area contributed by atoms with Gasteiger partial charge in [-0.05, 0) is 29.3 Å². The number of amides is 3. The number of hydrogen-bond donors (Lipinski definition) is 2. The van der Waals surface area contributed by atoms with Gasteiger partial charge in [0.15, 0.2) is 6.29 Å². The van der Waals surface area contributed by atoms with Gasteiger partial charge in [0.25, 0.3) is 5.91 Å². The molecule has 2 saturated heterocycles. The molecule has 3 amide bonds. The second kappa shape index (κ2) is 15.1. The predicted octanol–water partition coefficient (Wildman–Crippen LogP) is 4.40. The number of carbonyl (C=O) groups is 3.